The largest absolute Gasteiger partial charge is 0.341 e. The van der Waals surface area contributed by atoms with Gasteiger partial charge in [-0.3, -0.25) is 4.79 Å². The van der Waals surface area contributed by atoms with Crippen LogP contribution in [0.1, 0.15) is 31.1 Å². The third kappa shape index (κ3) is 3.93. The third-order valence-electron chi connectivity index (χ3n) is 2.03. The zero-order chi connectivity index (χ0) is 12.3. The molecule has 88 valence electrons. The lowest BCUT2D eigenvalue weighted by molar-refractivity contribution is 0.0745. The molecule has 1 heterocycles. The van der Waals surface area contributed by atoms with Crippen molar-refractivity contribution in [3.8, 4) is 0 Å². The molecule has 16 heavy (non-hydrogen) atoms. The summed E-state index contributed by atoms with van der Waals surface area (Å²) in [6.45, 7) is 7.06. The highest BCUT2D eigenvalue weighted by Crippen LogP contribution is 2.16. The SMILES string of the molecule is CN(CC(C)(C)C)C(=O)c1ccnc(Br)c1. The minimum absolute atomic E-state index is 0.0259. The van der Waals surface area contributed by atoms with Gasteiger partial charge in [-0.1, -0.05) is 20.8 Å². The first-order chi connectivity index (χ1) is 7.29. The minimum atomic E-state index is 0.0259. The Hall–Kier alpha value is -0.900. The van der Waals surface area contributed by atoms with Crippen molar-refractivity contribution in [1.82, 2.24) is 9.88 Å². The lowest BCUT2D eigenvalue weighted by atomic mass is 9.96. The fourth-order valence-corrected chi connectivity index (χ4v) is 1.90. The van der Waals surface area contributed by atoms with Gasteiger partial charge in [-0.25, -0.2) is 4.98 Å². The summed E-state index contributed by atoms with van der Waals surface area (Å²) >= 11 is 3.26. The Morgan fingerprint density at radius 2 is 2.12 bits per heavy atom. The summed E-state index contributed by atoms with van der Waals surface area (Å²) in [5.41, 5.74) is 0.767. The molecule has 1 aromatic rings. The normalized spacial score (nSPS) is 11.3. The van der Waals surface area contributed by atoms with Crippen LogP contribution in [0.2, 0.25) is 0 Å². The average molecular weight is 285 g/mol. The van der Waals surface area contributed by atoms with E-state index in [1.165, 1.54) is 0 Å². The van der Waals surface area contributed by atoms with E-state index in [4.69, 9.17) is 0 Å². The first kappa shape index (κ1) is 13.2. The first-order valence-corrected chi connectivity index (χ1v) is 5.96. The summed E-state index contributed by atoms with van der Waals surface area (Å²) in [5, 5.41) is 0. The van der Waals surface area contributed by atoms with Crippen LogP contribution in [-0.2, 0) is 0 Å². The summed E-state index contributed by atoms with van der Waals surface area (Å²) in [6, 6.07) is 3.47. The molecule has 1 aromatic heterocycles. The van der Waals surface area contributed by atoms with Gasteiger partial charge in [0.2, 0.25) is 0 Å². The quantitative estimate of drug-likeness (QED) is 0.783. The van der Waals surface area contributed by atoms with Crippen LogP contribution in [0.5, 0.6) is 0 Å². The number of nitrogens with zero attached hydrogens (tertiary/aromatic N) is 2. The second-order valence-corrected chi connectivity index (χ2v) is 5.90. The van der Waals surface area contributed by atoms with Gasteiger partial charge in [0, 0.05) is 25.4 Å². The Bertz CT molecular complexity index is 385. The molecule has 0 aliphatic rings. The number of carbonyl (C=O) groups is 1. The smallest absolute Gasteiger partial charge is 0.253 e. The number of halogens is 1. The third-order valence-corrected chi connectivity index (χ3v) is 2.47. The summed E-state index contributed by atoms with van der Waals surface area (Å²) in [7, 11) is 1.82. The van der Waals surface area contributed by atoms with Crippen molar-refractivity contribution < 1.29 is 4.79 Å². The molecule has 0 aliphatic heterocycles. The van der Waals surface area contributed by atoms with E-state index < -0.39 is 0 Å². The standard InChI is InChI=1S/C12H17BrN2O/c1-12(2,3)8-15(4)11(16)9-5-6-14-10(13)7-9/h5-7H,8H2,1-4H3. The molecular formula is C12H17BrN2O. The zero-order valence-electron chi connectivity index (χ0n) is 10.1. The molecule has 0 fully saturated rings. The molecule has 0 spiro atoms. The lowest BCUT2D eigenvalue weighted by Crippen LogP contribution is -2.34. The van der Waals surface area contributed by atoms with Crippen molar-refractivity contribution in [2.75, 3.05) is 13.6 Å². The first-order valence-electron chi connectivity index (χ1n) is 5.16. The van der Waals surface area contributed by atoms with Crippen LogP contribution >= 0.6 is 15.9 Å². The van der Waals surface area contributed by atoms with Crippen molar-refractivity contribution in [1.29, 1.82) is 0 Å². The van der Waals surface area contributed by atoms with E-state index in [9.17, 15) is 4.79 Å². The lowest BCUT2D eigenvalue weighted by Gasteiger charge is -2.26. The molecule has 0 saturated heterocycles. The maximum atomic E-state index is 12.1. The molecule has 0 unspecified atom stereocenters. The van der Waals surface area contributed by atoms with E-state index in [1.807, 2.05) is 7.05 Å². The molecule has 1 amide bonds. The highest BCUT2D eigenvalue weighted by molar-refractivity contribution is 9.10. The predicted octanol–water partition coefficient (Wildman–Crippen LogP) is 2.96. The zero-order valence-corrected chi connectivity index (χ0v) is 11.7. The van der Waals surface area contributed by atoms with E-state index in [2.05, 4.69) is 41.7 Å². The van der Waals surface area contributed by atoms with Gasteiger partial charge in [-0.05, 0) is 33.5 Å². The number of amides is 1. The van der Waals surface area contributed by atoms with Crippen LogP contribution in [0.4, 0.5) is 0 Å². The molecular weight excluding hydrogens is 268 g/mol. The number of carbonyl (C=O) groups excluding carboxylic acids is 1. The molecule has 0 bridgehead atoms. The van der Waals surface area contributed by atoms with Gasteiger partial charge in [0.25, 0.3) is 5.91 Å². The summed E-state index contributed by atoms with van der Waals surface area (Å²) in [5.74, 6) is 0.0259. The van der Waals surface area contributed by atoms with Crippen LogP contribution in [0.25, 0.3) is 0 Å². The van der Waals surface area contributed by atoms with E-state index in [1.54, 1.807) is 23.2 Å². The Morgan fingerprint density at radius 3 is 2.62 bits per heavy atom. The second-order valence-electron chi connectivity index (χ2n) is 5.09. The van der Waals surface area contributed by atoms with Gasteiger partial charge < -0.3 is 4.90 Å². The molecule has 4 heteroatoms. The van der Waals surface area contributed by atoms with Crippen molar-refractivity contribution in [2.45, 2.75) is 20.8 Å². The van der Waals surface area contributed by atoms with Crippen LogP contribution in [-0.4, -0.2) is 29.4 Å². The van der Waals surface area contributed by atoms with Gasteiger partial charge in [0.05, 0.1) is 0 Å². The summed E-state index contributed by atoms with van der Waals surface area (Å²) < 4.78 is 0.683. The maximum Gasteiger partial charge on any atom is 0.253 e. The number of hydrogen-bond donors (Lipinski definition) is 0. The van der Waals surface area contributed by atoms with Crippen LogP contribution in [0.15, 0.2) is 22.9 Å². The van der Waals surface area contributed by atoms with Crippen LogP contribution in [0.3, 0.4) is 0 Å². The molecule has 0 N–H and O–H groups in total. The molecule has 1 rings (SSSR count). The number of rotatable bonds is 2. The summed E-state index contributed by atoms with van der Waals surface area (Å²) in [4.78, 5) is 17.8. The van der Waals surface area contributed by atoms with Crippen molar-refractivity contribution in [3.05, 3.63) is 28.5 Å². The Balaban J connectivity index is 2.78. The maximum absolute atomic E-state index is 12.1. The minimum Gasteiger partial charge on any atom is -0.341 e. The number of hydrogen-bond acceptors (Lipinski definition) is 2. The number of aromatic nitrogens is 1. The topological polar surface area (TPSA) is 33.2 Å². The molecule has 0 saturated carbocycles. The van der Waals surface area contributed by atoms with E-state index >= 15 is 0 Å². The van der Waals surface area contributed by atoms with Crippen LogP contribution in [0, 0.1) is 5.41 Å². The summed E-state index contributed by atoms with van der Waals surface area (Å²) in [6.07, 6.45) is 1.63. The predicted molar refractivity (Wildman–Crippen MR) is 68.4 cm³/mol. The van der Waals surface area contributed by atoms with Crippen molar-refractivity contribution in [3.63, 3.8) is 0 Å². The fourth-order valence-electron chi connectivity index (χ4n) is 1.54. The average Bonchev–Trinajstić information content (AvgIpc) is 2.14. The molecule has 0 aliphatic carbocycles. The van der Waals surface area contributed by atoms with E-state index in [-0.39, 0.29) is 11.3 Å². The molecule has 0 radical (unpaired) electrons. The fraction of sp³-hybridized carbons (Fsp3) is 0.500. The van der Waals surface area contributed by atoms with Crippen molar-refractivity contribution >= 4 is 21.8 Å². The highest BCUT2D eigenvalue weighted by Gasteiger charge is 2.18. The monoisotopic (exact) mass is 284 g/mol. The Labute approximate surface area is 105 Å². The van der Waals surface area contributed by atoms with Gasteiger partial charge in [-0.2, -0.15) is 0 Å². The Morgan fingerprint density at radius 1 is 1.50 bits per heavy atom. The number of pyridine rings is 1. The van der Waals surface area contributed by atoms with Gasteiger partial charge >= 0.3 is 0 Å². The van der Waals surface area contributed by atoms with Crippen LogP contribution < -0.4 is 0 Å². The highest BCUT2D eigenvalue weighted by atomic mass is 79.9. The van der Waals surface area contributed by atoms with Gasteiger partial charge in [0.1, 0.15) is 4.60 Å². The van der Waals surface area contributed by atoms with E-state index in [0.717, 1.165) is 6.54 Å². The van der Waals surface area contributed by atoms with Gasteiger partial charge in [-0.15, -0.1) is 0 Å². The Kier molecular flexibility index (Phi) is 4.08. The second kappa shape index (κ2) is 4.95. The van der Waals surface area contributed by atoms with E-state index in [0.29, 0.717) is 10.2 Å². The molecule has 3 nitrogen and oxygen atoms in total. The van der Waals surface area contributed by atoms with Gasteiger partial charge in [0.15, 0.2) is 0 Å². The molecule has 0 atom stereocenters. The molecule has 0 aromatic carbocycles. The van der Waals surface area contributed by atoms with Crippen molar-refractivity contribution in [2.24, 2.45) is 5.41 Å².